The number of carbonyl (C=O) groups is 2. The predicted molar refractivity (Wildman–Crippen MR) is 133 cm³/mol. The number of amides is 3. The standard InChI is InChI=1S/C26H33N5O2/c1-18(2)30(25(33)27-20-10-8-7-9-11-20)17-24(32)28-23-16-22(26(4,5)6)29-31(23)21-14-12-19(3)13-15-21/h7-16,18H,17H2,1-6H3,(H,27,33)(H,28,32). The van der Waals surface area contributed by atoms with E-state index in [9.17, 15) is 9.59 Å². The van der Waals surface area contributed by atoms with Crippen molar-refractivity contribution in [1.29, 1.82) is 0 Å². The first-order chi connectivity index (χ1) is 15.5. The van der Waals surface area contributed by atoms with Crippen LogP contribution in [-0.4, -0.2) is 39.2 Å². The largest absolute Gasteiger partial charge is 0.322 e. The molecule has 0 aliphatic rings. The Morgan fingerprint density at radius 1 is 1.00 bits per heavy atom. The Balaban J connectivity index is 1.81. The summed E-state index contributed by atoms with van der Waals surface area (Å²) in [6.45, 7) is 11.9. The van der Waals surface area contributed by atoms with Gasteiger partial charge in [0.05, 0.1) is 11.4 Å². The Bertz CT molecular complexity index is 1100. The molecule has 0 spiro atoms. The van der Waals surface area contributed by atoms with Gasteiger partial charge >= 0.3 is 6.03 Å². The van der Waals surface area contributed by atoms with Crippen molar-refractivity contribution in [2.45, 2.75) is 53.0 Å². The van der Waals surface area contributed by atoms with Gasteiger partial charge in [0.15, 0.2) is 0 Å². The SMILES string of the molecule is Cc1ccc(-n2nc(C(C)(C)C)cc2NC(=O)CN(C(=O)Nc2ccccc2)C(C)C)cc1. The summed E-state index contributed by atoms with van der Waals surface area (Å²) in [5, 5.41) is 10.6. The molecule has 7 heteroatoms. The highest BCUT2D eigenvalue weighted by Crippen LogP contribution is 2.26. The summed E-state index contributed by atoms with van der Waals surface area (Å²) in [4.78, 5) is 27.3. The lowest BCUT2D eigenvalue weighted by molar-refractivity contribution is -0.117. The fourth-order valence-electron chi connectivity index (χ4n) is 3.26. The molecule has 3 amide bonds. The lowest BCUT2D eigenvalue weighted by atomic mass is 9.92. The predicted octanol–water partition coefficient (Wildman–Crippen LogP) is 5.36. The van der Waals surface area contributed by atoms with Gasteiger partial charge < -0.3 is 15.5 Å². The van der Waals surface area contributed by atoms with Crippen molar-refractivity contribution in [3.8, 4) is 5.69 Å². The van der Waals surface area contributed by atoms with E-state index in [0.717, 1.165) is 16.9 Å². The number of hydrogen-bond donors (Lipinski definition) is 2. The maximum Gasteiger partial charge on any atom is 0.322 e. The Morgan fingerprint density at radius 3 is 2.21 bits per heavy atom. The van der Waals surface area contributed by atoms with Gasteiger partial charge in [0, 0.05) is 23.2 Å². The van der Waals surface area contributed by atoms with Gasteiger partial charge in [-0.3, -0.25) is 4.79 Å². The van der Waals surface area contributed by atoms with Crippen molar-refractivity contribution in [2.24, 2.45) is 0 Å². The minimum Gasteiger partial charge on any atom is -0.313 e. The lowest BCUT2D eigenvalue weighted by Crippen LogP contribution is -2.44. The minimum atomic E-state index is -0.325. The van der Waals surface area contributed by atoms with E-state index < -0.39 is 0 Å². The molecular formula is C26H33N5O2. The highest BCUT2D eigenvalue weighted by atomic mass is 16.2. The Morgan fingerprint density at radius 2 is 1.64 bits per heavy atom. The van der Waals surface area contributed by atoms with Crippen molar-refractivity contribution in [2.75, 3.05) is 17.2 Å². The highest BCUT2D eigenvalue weighted by molar-refractivity contribution is 5.97. The third-order valence-electron chi connectivity index (χ3n) is 5.25. The maximum atomic E-state index is 13.0. The summed E-state index contributed by atoms with van der Waals surface area (Å²) >= 11 is 0. The van der Waals surface area contributed by atoms with Crippen LogP contribution in [-0.2, 0) is 10.2 Å². The number of benzene rings is 2. The van der Waals surface area contributed by atoms with E-state index in [0.29, 0.717) is 11.5 Å². The van der Waals surface area contributed by atoms with Crippen LogP contribution in [0.5, 0.6) is 0 Å². The second-order valence-corrected chi connectivity index (χ2v) is 9.48. The van der Waals surface area contributed by atoms with Crippen molar-refractivity contribution in [3.63, 3.8) is 0 Å². The second kappa shape index (κ2) is 9.90. The third-order valence-corrected chi connectivity index (χ3v) is 5.25. The van der Waals surface area contributed by atoms with Crippen LogP contribution < -0.4 is 10.6 Å². The number of rotatable bonds is 6. The molecular weight excluding hydrogens is 414 g/mol. The first-order valence-corrected chi connectivity index (χ1v) is 11.1. The van der Waals surface area contributed by atoms with Crippen LogP contribution in [0.15, 0.2) is 60.7 Å². The number of anilines is 2. The van der Waals surface area contributed by atoms with Gasteiger partial charge in [-0.05, 0) is 45.0 Å². The van der Waals surface area contributed by atoms with Gasteiger partial charge in [0.2, 0.25) is 5.91 Å². The molecule has 2 N–H and O–H groups in total. The number of nitrogens with one attached hydrogen (secondary N) is 2. The Labute approximate surface area is 195 Å². The summed E-state index contributed by atoms with van der Waals surface area (Å²) in [5.41, 5.74) is 3.36. The van der Waals surface area contributed by atoms with Crippen molar-refractivity contribution in [3.05, 3.63) is 71.9 Å². The van der Waals surface area contributed by atoms with Crippen LogP contribution >= 0.6 is 0 Å². The average molecular weight is 448 g/mol. The highest BCUT2D eigenvalue weighted by Gasteiger charge is 2.24. The quantitative estimate of drug-likeness (QED) is 0.534. The van der Waals surface area contributed by atoms with Gasteiger partial charge in [-0.25, -0.2) is 9.48 Å². The van der Waals surface area contributed by atoms with E-state index in [-0.39, 0.29) is 29.9 Å². The fourth-order valence-corrected chi connectivity index (χ4v) is 3.26. The summed E-state index contributed by atoms with van der Waals surface area (Å²) < 4.78 is 1.74. The molecule has 3 rings (SSSR count). The monoisotopic (exact) mass is 447 g/mol. The number of hydrogen-bond acceptors (Lipinski definition) is 3. The molecule has 7 nitrogen and oxygen atoms in total. The fraction of sp³-hybridized carbons (Fsp3) is 0.346. The Hall–Kier alpha value is -3.61. The molecule has 1 aromatic heterocycles. The van der Waals surface area contributed by atoms with Crippen LogP contribution in [0.3, 0.4) is 0 Å². The van der Waals surface area contributed by atoms with E-state index in [2.05, 4.69) is 31.4 Å². The zero-order valence-corrected chi connectivity index (χ0v) is 20.2. The average Bonchev–Trinajstić information content (AvgIpc) is 3.17. The topological polar surface area (TPSA) is 79.3 Å². The van der Waals surface area contributed by atoms with E-state index in [4.69, 9.17) is 5.10 Å². The molecule has 174 valence electrons. The van der Waals surface area contributed by atoms with Crippen molar-refractivity contribution in [1.82, 2.24) is 14.7 Å². The van der Waals surface area contributed by atoms with Gasteiger partial charge in [-0.15, -0.1) is 0 Å². The van der Waals surface area contributed by atoms with E-state index in [1.165, 1.54) is 4.90 Å². The zero-order valence-electron chi connectivity index (χ0n) is 20.2. The van der Waals surface area contributed by atoms with Crippen LogP contribution in [0.25, 0.3) is 5.69 Å². The van der Waals surface area contributed by atoms with E-state index in [1.54, 1.807) is 4.68 Å². The number of aryl methyl sites for hydroxylation is 1. The minimum absolute atomic E-state index is 0.0831. The molecule has 33 heavy (non-hydrogen) atoms. The third kappa shape index (κ3) is 6.22. The molecule has 0 bridgehead atoms. The number of para-hydroxylation sites is 1. The second-order valence-electron chi connectivity index (χ2n) is 9.48. The normalized spacial score (nSPS) is 11.4. The van der Waals surface area contributed by atoms with Crippen LogP contribution in [0.4, 0.5) is 16.3 Å². The summed E-state index contributed by atoms with van der Waals surface area (Å²) in [7, 11) is 0. The Kier molecular flexibility index (Phi) is 7.21. The number of urea groups is 1. The molecule has 1 heterocycles. The number of carbonyl (C=O) groups excluding carboxylic acids is 2. The molecule has 2 aromatic carbocycles. The van der Waals surface area contributed by atoms with Gasteiger partial charge in [0.25, 0.3) is 0 Å². The van der Waals surface area contributed by atoms with Crippen molar-refractivity contribution >= 4 is 23.4 Å². The van der Waals surface area contributed by atoms with E-state index >= 15 is 0 Å². The molecule has 0 saturated carbocycles. The summed E-state index contributed by atoms with van der Waals surface area (Å²) in [6.07, 6.45) is 0. The molecule has 0 unspecified atom stereocenters. The first kappa shape index (κ1) is 24.0. The number of nitrogens with zero attached hydrogens (tertiary/aromatic N) is 3. The van der Waals surface area contributed by atoms with Crippen molar-refractivity contribution < 1.29 is 9.59 Å². The smallest absolute Gasteiger partial charge is 0.313 e. The lowest BCUT2D eigenvalue weighted by Gasteiger charge is -2.26. The molecule has 0 radical (unpaired) electrons. The summed E-state index contributed by atoms with van der Waals surface area (Å²) in [5.74, 6) is 0.279. The molecule has 0 fully saturated rings. The first-order valence-electron chi connectivity index (χ1n) is 11.1. The van der Waals surface area contributed by atoms with Gasteiger partial charge in [-0.1, -0.05) is 56.7 Å². The van der Waals surface area contributed by atoms with Gasteiger partial charge in [0.1, 0.15) is 12.4 Å². The van der Waals surface area contributed by atoms with Crippen LogP contribution in [0.2, 0.25) is 0 Å². The molecule has 3 aromatic rings. The molecule has 0 aliphatic carbocycles. The van der Waals surface area contributed by atoms with Crippen LogP contribution in [0, 0.1) is 6.92 Å². The number of aromatic nitrogens is 2. The van der Waals surface area contributed by atoms with E-state index in [1.807, 2.05) is 81.4 Å². The maximum absolute atomic E-state index is 13.0. The summed E-state index contributed by atoms with van der Waals surface area (Å²) in [6, 6.07) is 18.6. The van der Waals surface area contributed by atoms with Gasteiger partial charge in [-0.2, -0.15) is 5.10 Å². The van der Waals surface area contributed by atoms with Crippen LogP contribution in [0.1, 0.15) is 45.9 Å². The zero-order chi connectivity index (χ0) is 24.2. The molecule has 0 atom stereocenters. The molecule has 0 aliphatic heterocycles. The molecule has 0 saturated heterocycles.